The summed E-state index contributed by atoms with van der Waals surface area (Å²) in [6, 6.07) is 16.9. The largest absolute Gasteiger partial charge is 0.492 e. The fourth-order valence-corrected chi connectivity index (χ4v) is 3.95. The number of carbonyl (C=O) groups excluding carboxylic acids is 2. The first-order chi connectivity index (χ1) is 15.0. The van der Waals surface area contributed by atoms with E-state index in [-0.39, 0.29) is 24.8 Å². The maximum Gasteiger partial charge on any atom is 0.321 e. The molecule has 0 aromatic heterocycles. The van der Waals surface area contributed by atoms with Gasteiger partial charge in [0.25, 0.3) is 0 Å². The van der Waals surface area contributed by atoms with Crippen LogP contribution < -0.4 is 15.4 Å². The van der Waals surface area contributed by atoms with E-state index < -0.39 is 24.1 Å². The lowest BCUT2D eigenvalue weighted by Crippen LogP contribution is -2.46. The zero-order chi connectivity index (χ0) is 22.2. The number of carbonyl (C=O) groups is 3. The molecular formula is C23H27N3O5. The van der Waals surface area contributed by atoms with Gasteiger partial charge in [-0.25, -0.2) is 0 Å². The SMILES string of the molecule is CC(=O)N[C@H]1C[C@@H](C(=O)O)N(CC(=O)NCCOc2ccccc2)[C@H]1c1ccccc1. The number of hydrogen-bond acceptors (Lipinski definition) is 5. The van der Waals surface area contributed by atoms with Gasteiger partial charge in [-0.2, -0.15) is 0 Å². The summed E-state index contributed by atoms with van der Waals surface area (Å²) in [4.78, 5) is 37.9. The van der Waals surface area contributed by atoms with Gasteiger partial charge in [0.1, 0.15) is 18.4 Å². The highest BCUT2D eigenvalue weighted by molar-refractivity contribution is 5.81. The predicted octanol–water partition coefficient (Wildman–Crippen LogP) is 1.59. The van der Waals surface area contributed by atoms with Gasteiger partial charge in [-0.15, -0.1) is 0 Å². The quantitative estimate of drug-likeness (QED) is 0.527. The molecule has 1 aliphatic rings. The lowest BCUT2D eigenvalue weighted by molar-refractivity contribution is -0.143. The van der Waals surface area contributed by atoms with Gasteiger partial charge in [0.05, 0.1) is 25.2 Å². The average molecular weight is 425 g/mol. The zero-order valence-corrected chi connectivity index (χ0v) is 17.4. The molecule has 2 aromatic carbocycles. The number of likely N-dealkylation sites (tertiary alicyclic amines) is 1. The Morgan fingerprint density at radius 1 is 1.06 bits per heavy atom. The summed E-state index contributed by atoms with van der Waals surface area (Å²) in [6.07, 6.45) is 0.221. The van der Waals surface area contributed by atoms with Crippen molar-refractivity contribution in [1.29, 1.82) is 0 Å². The van der Waals surface area contributed by atoms with E-state index in [0.717, 1.165) is 5.56 Å². The second kappa shape index (κ2) is 10.6. The van der Waals surface area contributed by atoms with Gasteiger partial charge in [0, 0.05) is 6.92 Å². The van der Waals surface area contributed by atoms with E-state index in [1.807, 2.05) is 60.7 Å². The lowest BCUT2D eigenvalue weighted by atomic mass is 9.99. The van der Waals surface area contributed by atoms with Crippen molar-refractivity contribution >= 4 is 17.8 Å². The van der Waals surface area contributed by atoms with Crippen LogP contribution in [0.25, 0.3) is 0 Å². The normalized spacial score (nSPS) is 20.7. The average Bonchev–Trinajstić information content (AvgIpc) is 3.09. The van der Waals surface area contributed by atoms with Crippen molar-refractivity contribution in [3.8, 4) is 5.75 Å². The minimum atomic E-state index is -1.02. The smallest absolute Gasteiger partial charge is 0.321 e. The van der Waals surface area contributed by atoms with E-state index in [0.29, 0.717) is 18.9 Å². The fourth-order valence-electron chi connectivity index (χ4n) is 3.95. The molecular weight excluding hydrogens is 398 g/mol. The van der Waals surface area contributed by atoms with Crippen molar-refractivity contribution in [2.24, 2.45) is 0 Å². The molecule has 0 unspecified atom stereocenters. The molecule has 3 atom stereocenters. The van der Waals surface area contributed by atoms with Crippen LogP contribution in [0.5, 0.6) is 5.75 Å². The Kier molecular flexibility index (Phi) is 7.61. The molecule has 0 bridgehead atoms. The molecule has 1 fully saturated rings. The van der Waals surface area contributed by atoms with Crippen molar-refractivity contribution in [2.45, 2.75) is 31.5 Å². The van der Waals surface area contributed by atoms with Gasteiger partial charge < -0.3 is 20.5 Å². The second-order valence-corrected chi connectivity index (χ2v) is 7.44. The third-order valence-electron chi connectivity index (χ3n) is 5.19. The van der Waals surface area contributed by atoms with Crippen molar-refractivity contribution in [1.82, 2.24) is 15.5 Å². The maximum atomic E-state index is 12.6. The maximum absolute atomic E-state index is 12.6. The van der Waals surface area contributed by atoms with E-state index >= 15 is 0 Å². The van der Waals surface area contributed by atoms with E-state index in [1.54, 1.807) is 4.90 Å². The Morgan fingerprint density at radius 2 is 1.71 bits per heavy atom. The number of aliphatic carboxylic acids is 1. The number of nitrogens with one attached hydrogen (secondary N) is 2. The number of hydrogen-bond donors (Lipinski definition) is 3. The standard InChI is InChI=1S/C23H27N3O5/c1-16(27)25-19-14-20(23(29)30)26(22(19)17-8-4-2-5-9-17)15-21(28)24-12-13-31-18-10-6-3-7-11-18/h2-11,19-20,22H,12-15H2,1H3,(H,24,28)(H,25,27)(H,29,30)/t19-,20-,22-/m0/s1. The molecule has 3 N–H and O–H groups in total. The van der Waals surface area contributed by atoms with Gasteiger partial charge in [-0.05, 0) is 24.1 Å². The van der Waals surface area contributed by atoms with Crippen LogP contribution in [0, 0.1) is 0 Å². The predicted molar refractivity (Wildman–Crippen MR) is 114 cm³/mol. The minimum Gasteiger partial charge on any atom is -0.492 e. The van der Waals surface area contributed by atoms with Crippen molar-refractivity contribution < 1.29 is 24.2 Å². The molecule has 0 aliphatic carbocycles. The molecule has 1 saturated heterocycles. The molecule has 8 heteroatoms. The van der Waals surface area contributed by atoms with E-state index in [4.69, 9.17) is 4.74 Å². The minimum absolute atomic E-state index is 0.0993. The first kappa shape index (κ1) is 22.3. The summed E-state index contributed by atoms with van der Waals surface area (Å²) >= 11 is 0. The van der Waals surface area contributed by atoms with Crippen molar-refractivity contribution in [3.05, 3.63) is 66.2 Å². The monoisotopic (exact) mass is 425 g/mol. The molecule has 0 radical (unpaired) electrons. The van der Waals surface area contributed by atoms with Crippen LogP contribution in [0.3, 0.4) is 0 Å². The van der Waals surface area contributed by atoms with Crippen LogP contribution >= 0.6 is 0 Å². The summed E-state index contributed by atoms with van der Waals surface area (Å²) < 4.78 is 5.57. The van der Waals surface area contributed by atoms with Crippen molar-refractivity contribution in [2.75, 3.05) is 19.7 Å². The number of amides is 2. The molecule has 164 valence electrons. The highest BCUT2D eigenvalue weighted by atomic mass is 16.5. The van der Waals surface area contributed by atoms with Crippen LogP contribution in [0.4, 0.5) is 0 Å². The molecule has 8 nitrogen and oxygen atoms in total. The van der Waals surface area contributed by atoms with Crippen molar-refractivity contribution in [3.63, 3.8) is 0 Å². The number of carboxylic acids is 1. The Labute approximate surface area is 181 Å². The summed E-state index contributed by atoms with van der Waals surface area (Å²) in [7, 11) is 0. The molecule has 31 heavy (non-hydrogen) atoms. The second-order valence-electron chi connectivity index (χ2n) is 7.44. The Hall–Kier alpha value is -3.39. The summed E-state index contributed by atoms with van der Waals surface area (Å²) in [5.41, 5.74) is 0.852. The number of ether oxygens (including phenoxy) is 1. The van der Waals surface area contributed by atoms with Crippen LogP contribution in [0.1, 0.15) is 24.9 Å². The summed E-state index contributed by atoms with van der Waals surface area (Å²) in [6.45, 7) is 1.90. The molecule has 1 heterocycles. The van der Waals surface area contributed by atoms with E-state index in [9.17, 15) is 19.5 Å². The molecule has 1 aliphatic heterocycles. The number of para-hydroxylation sites is 1. The summed E-state index contributed by atoms with van der Waals surface area (Å²) in [5, 5.41) is 15.4. The third-order valence-corrected chi connectivity index (χ3v) is 5.19. The Morgan fingerprint density at radius 3 is 2.32 bits per heavy atom. The van der Waals surface area contributed by atoms with Gasteiger partial charge in [-0.1, -0.05) is 48.5 Å². The number of benzene rings is 2. The highest BCUT2D eigenvalue weighted by Crippen LogP contribution is 2.36. The van der Waals surface area contributed by atoms with Crippen LogP contribution in [0.2, 0.25) is 0 Å². The van der Waals surface area contributed by atoms with Gasteiger partial charge in [0.15, 0.2) is 0 Å². The Balaban J connectivity index is 1.66. The summed E-state index contributed by atoms with van der Waals surface area (Å²) in [5.74, 6) is -0.842. The molecule has 3 rings (SSSR count). The third kappa shape index (κ3) is 6.05. The van der Waals surface area contributed by atoms with Gasteiger partial charge >= 0.3 is 5.97 Å². The zero-order valence-electron chi connectivity index (χ0n) is 17.4. The topological polar surface area (TPSA) is 108 Å². The van der Waals surface area contributed by atoms with Crippen LogP contribution in [0.15, 0.2) is 60.7 Å². The van der Waals surface area contributed by atoms with Crippen LogP contribution in [-0.4, -0.2) is 59.6 Å². The fraction of sp³-hybridized carbons (Fsp3) is 0.348. The number of carboxylic acid groups (broad SMARTS) is 1. The molecule has 2 aromatic rings. The number of nitrogens with zero attached hydrogens (tertiary/aromatic N) is 1. The lowest BCUT2D eigenvalue weighted by Gasteiger charge is -2.30. The first-order valence-corrected chi connectivity index (χ1v) is 10.2. The van der Waals surface area contributed by atoms with E-state index in [1.165, 1.54) is 6.92 Å². The van der Waals surface area contributed by atoms with Crippen LogP contribution in [-0.2, 0) is 14.4 Å². The number of rotatable bonds is 9. The van der Waals surface area contributed by atoms with Gasteiger partial charge in [-0.3, -0.25) is 19.3 Å². The first-order valence-electron chi connectivity index (χ1n) is 10.2. The van der Waals surface area contributed by atoms with Gasteiger partial charge in [0.2, 0.25) is 11.8 Å². The molecule has 2 amide bonds. The van der Waals surface area contributed by atoms with E-state index in [2.05, 4.69) is 10.6 Å². The Bertz CT molecular complexity index is 891. The molecule has 0 spiro atoms. The highest BCUT2D eigenvalue weighted by Gasteiger charge is 2.46. The molecule has 0 saturated carbocycles.